The molecule has 2 aromatic rings. The Balaban J connectivity index is 1.82. The Morgan fingerprint density at radius 2 is 1.88 bits per heavy atom. The van der Waals surface area contributed by atoms with Crippen LogP contribution in [-0.4, -0.2) is 31.8 Å². The smallest absolute Gasteiger partial charge is 0.257 e. The van der Waals surface area contributed by atoms with Gasteiger partial charge < -0.3 is 4.90 Å². The largest absolute Gasteiger partial charge is 0.332 e. The summed E-state index contributed by atoms with van der Waals surface area (Å²) in [7, 11) is -4.01. The van der Waals surface area contributed by atoms with Gasteiger partial charge in [0, 0.05) is 12.6 Å². The molecule has 0 bridgehead atoms. The highest BCUT2D eigenvalue weighted by atomic mass is 32.2. The summed E-state index contributed by atoms with van der Waals surface area (Å²) < 4.78 is 37.1. The van der Waals surface area contributed by atoms with Crippen molar-refractivity contribution in [1.29, 1.82) is 0 Å². The van der Waals surface area contributed by atoms with Crippen molar-refractivity contribution < 1.29 is 17.6 Å². The first-order chi connectivity index (χ1) is 12.4. The maximum Gasteiger partial charge on any atom is 0.257 e. The summed E-state index contributed by atoms with van der Waals surface area (Å²) in [5.41, 5.74) is 0.717. The van der Waals surface area contributed by atoms with Crippen LogP contribution in [0.5, 0.6) is 0 Å². The maximum atomic E-state index is 14.1. The Morgan fingerprint density at radius 1 is 1.19 bits per heavy atom. The number of halogens is 1. The zero-order valence-electron chi connectivity index (χ0n) is 14.0. The van der Waals surface area contributed by atoms with Crippen LogP contribution in [0.1, 0.15) is 28.8 Å². The van der Waals surface area contributed by atoms with Crippen molar-refractivity contribution in [2.24, 2.45) is 5.14 Å². The molecule has 0 aliphatic heterocycles. The standard InChI is InChI=1S/C19H19FN2O3S/c20-18-11-10-16(26(21,24)25)13-17(18)19(23)22(15-8-9-15)12-4-7-14-5-2-1-3-6-14/h1-7,10-11,13,15H,8-9,12H2,(H2,21,24,25). The van der Waals surface area contributed by atoms with E-state index in [2.05, 4.69) is 0 Å². The van der Waals surface area contributed by atoms with Gasteiger partial charge in [-0.05, 0) is 36.6 Å². The second-order valence-electron chi connectivity index (χ2n) is 6.19. The molecule has 1 fully saturated rings. The molecule has 3 rings (SSSR count). The number of benzene rings is 2. The molecule has 0 heterocycles. The number of carbonyl (C=O) groups is 1. The van der Waals surface area contributed by atoms with E-state index in [1.54, 1.807) is 4.90 Å². The second-order valence-corrected chi connectivity index (χ2v) is 7.75. The molecule has 0 aromatic heterocycles. The Hall–Kier alpha value is -2.51. The lowest BCUT2D eigenvalue weighted by atomic mass is 10.1. The monoisotopic (exact) mass is 374 g/mol. The van der Waals surface area contributed by atoms with Crippen LogP contribution < -0.4 is 5.14 Å². The van der Waals surface area contributed by atoms with Gasteiger partial charge in [-0.25, -0.2) is 17.9 Å². The molecule has 1 saturated carbocycles. The molecule has 136 valence electrons. The van der Waals surface area contributed by atoms with E-state index in [0.29, 0.717) is 6.54 Å². The van der Waals surface area contributed by atoms with Gasteiger partial charge in [-0.2, -0.15) is 0 Å². The van der Waals surface area contributed by atoms with E-state index in [4.69, 9.17) is 5.14 Å². The van der Waals surface area contributed by atoms with Crippen molar-refractivity contribution >= 4 is 22.0 Å². The number of rotatable bonds is 6. The molecule has 26 heavy (non-hydrogen) atoms. The van der Waals surface area contributed by atoms with Gasteiger partial charge in [0.05, 0.1) is 10.5 Å². The number of nitrogens with two attached hydrogens (primary N) is 1. The van der Waals surface area contributed by atoms with Gasteiger partial charge >= 0.3 is 0 Å². The summed E-state index contributed by atoms with van der Waals surface area (Å²) in [6.45, 7) is 0.317. The van der Waals surface area contributed by atoms with Crippen molar-refractivity contribution in [2.75, 3.05) is 6.54 Å². The van der Waals surface area contributed by atoms with Crippen LogP contribution in [-0.2, 0) is 10.0 Å². The number of hydrogen-bond donors (Lipinski definition) is 1. The van der Waals surface area contributed by atoms with E-state index in [0.717, 1.165) is 36.6 Å². The molecule has 0 radical (unpaired) electrons. The summed E-state index contributed by atoms with van der Waals surface area (Å²) in [6, 6.07) is 12.7. The molecular formula is C19H19FN2O3S. The average molecular weight is 374 g/mol. The van der Waals surface area contributed by atoms with Crippen molar-refractivity contribution in [3.63, 3.8) is 0 Å². The number of amides is 1. The average Bonchev–Trinajstić information content (AvgIpc) is 3.43. The van der Waals surface area contributed by atoms with Crippen LogP contribution >= 0.6 is 0 Å². The molecule has 0 atom stereocenters. The van der Waals surface area contributed by atoms with E-state index in [9.17, 15) is 17.6 Å². The van der Waals surface area contributed by atoms with Crippen molar-refractivity contribution in [3.05, 3.63) is 71.6 Å². The van der Waals surface area contributed by atoms with Gasteiger partial charge in [0.2, 0.25) is 10.0 Å². The third kappa shape index (κ3) is 4.36. The van der Waals surface area contributed by atoms with E-state index < -0.39 is 21.7 Å². The molecule has 5 nitrogen and oxygen atoms in total. The van der Waals surface area contributed by atoms with Gasteiger partial charge in [0.15, 0.2) is 0 Å². The normalized spacial score (nSPS) is 14.5. The first-order valence-electron chi connectivity index (χ1n) is 8.21. The highest BCUT2D eigenvalue weighted by molar-refractivity contribution is 7.89. The van der Waals surface area contributed by atoms with Crippen molar-refractivity contribution in [1.82, 2.24) is 4.90 Å². The molecule has 2 aromatic carbocycles. The first kappa shape index (κ1) is 18.3. The van der Waals surface area contributed by atoms with E-state index in [1.165, 1.54) is 0 Å². The minimum atomic E-state index is -4.01. The lowest BCUT2D eigenvalue weighted by molar-refractivity contribution is 0.0758. The molecule has 1 aliphatic carbocycles. The zero-order chi connectivity index (χ0) is 18.7. The minimum absolute atomic E-state index is 0.0421. The van der Waals surface area contributed by atoms with Crippen LogP contribution in [0, 0.1) is 5.82 Å². The zero-order valence-corrected chi connectivity index (χ0v) is 14.8. The summed E-state index contributed by atoms with van der Waals surface area (Å²) in [4.78, 5) is 14.1. The molecule has 2 N–H and O–H groups in total. The fourth-order valence-corrected chi connectivity index (χ4v) is 3.19. The minimum Gasteiger partial charge on any atom is -0.332 e. The molecular weight excluding hydrogens is 355 g/mol. The summed E-state index contributed by atoms with van der Waals surface area (Å²) in [6.07, 6.45) is 5.43. The number of carbonyl (C=O) groups excluding carboxylic acids is 1. The van der Waals surface area contributed by atoms with Crippen LogP contribution in [0.15, 0.2) is 59.5 Å². The maximum absolute atomic E-state index is 14.1. The first-order valence-corrected chi connectivity index (χ1v) is 9.76. The summed E-state index contributed by atoms with van der Waals surface area (Å²) in [5, 5.41) is 5.08. The molecule has 1 aliphatic rings. The van der Waals surface area contributed by atoms with E-state index >= 15 is 0 Å². The predicted octanol–water partition coefficient (Wildman–Crippen LogP) is 2.79. The Bertz CT molecular complexity index is 939. The topological polar surface area (TPSA) is 80.5 Å². The van der Waals surface area contributed by atoms with Crippen LogP contribution in [0.4, 0.5) is 4.39 Å². The van der Waals surface area contributed by atoms with E-state index in [1.807, 2.05) is 42.5 Å². The fraction of sp³-hybridized carbons (Fsp3) is 0.211. The van der Waals surface area contributed by atoms with Gasteiger partial charge in [-0.15, -0.1) is 0 Å². The Labute approximate surface area is 152 Å². The number of hydrogen-bond acceptors (Lipinski definition) is 3. The van der Waals surface area contributed by atoms with Crippen LogP contribution in [0.2, 0.25) is 0 Å². The van der Waals surface area contributed by atoms with Gasteiger partial charge in [0.1, 0.15) is 5.82 Å². The van der Waals surface area contributed by atoms with E-state index in [-0.39, 0.29) is 16.5 Å². The molecule has 1 amide bonds. The van der Waals surface area contributed by atoms with Crippen LogP contribution in [0.25, 0.3) is 6.08 Å². The lowest BCUT2D eigenvalue weighted by Gasteiger charge is -2.21. The Morgan fingerprint density at radius 3 is 2.50 bits per heavy atom. The fourth-order valence-electron chi connectivity index (χ4n) is 2.65. The predicted molar refractivity (Wildman–Crippen MR) is 97.3 cm³/mol. The molecule has 0 spiro atoms. The highest BCUT2D eigenvalue weighted by Gasteiger charge is 2.33. The van der Waals surface area contributed by atoms with Crippen molar-refractivity contribution in [3.8, 4) is 0 Å². The number of sulfonamides is 1. The molecule has 7 heteroatoms. The third-order valence-corrected chi connectivity index (χ3v) is 5.07. The quantitative estimate of drug-likeness (QED) is 0.844. The SMILES string of the molecule is NS(=O)(=O)c1ccc(F)c(C(=O)N(CC=Cc2ccccc2)C2CC2)c1. The second kappa shape index (κ2) is 7.39. The Kier molecular flexibility index (Phi) is 5.20. The van der Waals surface area contributed by atoms with Gasteiger partial charge in [-0.3, -0.25) is 4.79 Å². The van der Waals surface area contributed by atoms with Crippen molar-refractivity contribution in [2.45, 2.75) is 23.8 Å². The summed E-state index contributed by atoms with van der Waals surface area (Å²) >= 11 is 0. The summed E-state index contributed by atoms with van der Waals surface area (Å²) in [5.74, 6) is -1.30. The van der Waals surface area contributed by atoms with Gasteiger partial charge in [0.25, 0.3) is 5.91 Å². The number of primary sulfonamides is 1. The molecule has 0 saturated heterocycles. The van der Waals surface area contributed by atoms with Crippen LogP contribution in [0.3, 0.4) is 0 Å². The number of nitrogens with zero attached hydrogens (tertiary/aromatic N) is 1. The lowest BCUT2D eigenvalue weighted by Crippen LogP contribution is -2.34. The molecule has 0 unspecified atom stereocenters. The third-order valence-electron chi connectivity index (χ3n) is 4.16. The van der Waals surface area contributed by atoms with Gasteiger partial charge in [-0.1, -0.05) is 42.5 Å². The highest BCUT2D eigenvalue weighted by Crippen LogP contribution is 2.29.